The lowest BCUT2D eigenvalue weighted by Crippen LogP contribution is -2.50. The summed E-state index contributed by atoms with van der Waals surface area (Å²) in [6, 6.07) is 19.5. The van der Waals surface area contributed by atoms with Crippen LogP contribution in [0.5, 0.6) is 0 Å². The van der Waals surface area contributed by atoms with Gasteiger partial charge in [-0.15, -0.1) is 0 Å². The average Bonchev–Trinajstić information content (AvgIpc) is 2.82. The molecule has 1 amide bonds. The third kappa shape index (κ3) is 4.49. The summed E-state index contributed by atoms with van der Waals surface area (Å²) in [6.45, 7) is 0.735. The molecule has 0 N–H and O–H groups in total. The number of rotatable bonds is 6. The second kappa shape index (κ2) is 9.05. The standard InChI is InChI=1S/C23H23N3O5S/c27-23(12-10-18-9-11-19-5-1-2-6-20(19)17-18)24-13-15-25(16-14-24)32(30,31)22-8-4-3-7-21(22)26(28)29/h1-9,11,17H,10,12-16H2. The van der Waals surface area contributed by atoms with Crippen molar-refractivity contribution >= 4 is 32.4 Å². The molecule has 0 unspecified atom stereocenters. The van der Waals surface area contributed by atoms with Crippen LogP contribution in [0.1, 0.15) is 12.0 Å². The van der Waals surface area contributed by atoms with Crippen molar-refractivity contribution < 1.29 is 18.1 Å². The van der Waals surface area contributed by atoms with E-state index in [0.29, 0.717) is 12.8 Å². The molecule has 1 aliphatic heterocycles. The van der Waals surface area contributed by atoms with Crippen LogP contribution in [0, 0.1) is 10.1 Å². The number of carbonyl (C=O) groups is 1. The molecule has 0 aromatic heterocycles. The Hall–Kier alpha value is -3.30. The van der Waals surface area contributed by atoms with E-state index in [-0.39, 0.29) is 37.0 Å². The van der Waals surface area contributed by atoms with Crippen molar-refractivity contribution in [1.82, 2.24) is 9.21 Å². The molecule has 3 aromatic carbocycles. The van der Waals surface area contributed by atoms with Gasteiger partial charge in [-0.2, -0.15) is 4.31 Å². The topological polar surface area (TPSA) is 101 Å². The van der Waals surface area contributed by atoms with Gasteiger partial charge in [0, 0.05) is 38.7 Å². The van der Waals surface area contributed by atoms with E-state index in [1.807, 2.05) is 36.4 Å². The van der Waals surface area contributed by atoms with Crippen LogP contribution < -0.4 is 0 Å². The minimum absolute atomic E-state index is 0.0269. The van der Waals surface area contributed by atoms with Crippen molar-refractivity contribution in [1.29, 1.82) is 0 Å². The number of nitrogens with zero attached hydrogens (tertiary/aromatic N) is 3. The van der Waals surface area contributed by atoms with Gasteiger partial charge >= 0.3 is 0 Å². The van der Waals surface area contributed by atoms with Gasteiger partial charge in [-0.05, 0) is 28.8 Å². The Morgan fingerprint density at radius 2 is 1.56 bits per heavy atom. The number of amides is 1. The highest BCUT2D eigenvalue weighted by molar-refractivity contribution is 7.89. The number of sulfonamides is 1. The molecule has 9 heteroatoms. The second-order valence-corrected chi connectivity index (χ2v) is 9.60. The number of aryl methyl sites for hydroxylation is 1. The third-order valence-corrected chi connectivity index (χ3v) is 7.66. The molecule has 0 atom stereocenters. The Morgan fingerprint density at radius 3 is 2.28 bits per heavy atom. The molecule has 0 bridgehead atoms. The summed E-state index contributed by atoms with van der Waals surface area (Å²) in [6.07, 6.45) is 0.952. The molecule has 8 nitrogen and oxygen atoms in total. The molecule has 0 radical (unpaired) electrons. The largest absolute Gasteiger partial charge is 0.340 e. The van der Waals surface area contributed by atoms with E-state index in [9.17, 15) is 23.3 Å². The van der Waals surface area contributed by atoms with Crippen molar-refractivity contribution in [3.8, 4) is 0 Å². The van der Waals surface area contributed by atoms with Gasteiger partial charge in [0.05, 0.1) is 4.92 Å². The first-order valence-corrected chi connectivity index (χ1v) is 11.8. The summed E-state index contributed by atoms with van der Waals surface area (Å²) in [7, 11) is -4.01. The van der Waals surface area contributed by atoms with E-state index in [1.165, 1.54) is 28.6 Å². The minimum atomic E-state index is -4.01. The maximum atomic E-state index is 12.9. The van der Waals surface area contributed by atoms with Crippen molar-refractivity contribution in [2.45, 2.75) is 17.7 Å². The molecule has 166 valence electrons. The average molecular weight is 454 g/mol. The van der Waals surface area contributed by atoms with Crippen molar-refractivity contribution in [2.75, 3.05) is 26.2 Å². The highest BCUT2D eigenvalue weighted by atomic mass is 32.2. The van der Waals surface area contributed by atoms with E-state index in [2.05, 4.69) is 6.07 Å². The summed E-state index contributed by atoms with van der Waals surface area (Å²) in [5.74, 6) is -0.0269. The molecule has 1 heterocycles. The zero-order chi connectivity index (χ0) is 22.7. The monoisotopic (exact) mass is 453 g/mol. The smallest absolute Gasteiger partial charge is 0.289 e. The fourth-order valence-corrected chi connectivity index (χ4v) is 5.53. The molecule has 4 rings (SSSR count). The van der Waals surface area contributed by atoms with Crippen LogP contribution in [0.2, 0.25) is 0 Å². The number of carbonyl (C=O) groups excluding carboxylic acids is 1. The number of hydrogen-bond acceptors (Lipinski definition) is 5. The maximum Gasteiger partial charge on any atom is 0.289 e. The molecule has 1 saturated heterocycles. The first-order valence-electron chi connectivity index (χ1n) is 10.4. The predicted molar refractivity (Wildman–Crippen MR) is 121 cm³/mol. The Labute approximate surface area is 186 Å². The van der Waals surface area contributed by atoms with Gasteiger partial charge in [0.1, 0.15) is 0 Å². The van der Waals surface area contributed by atoms with E-state index in [1.54, 1.807) is 4.90 Å². The minimum Gasteiger partial charge on any atom is -0.340 e. The highest BCUT2D eigenvalue weighted by Crippen LogP contribution is 2.27. The molecule has 0 spiro atoms. The third-order valence-electron chi connectivity index (χ3n) is 5.71. The first kappa shape index (κ1) is 21.9. The van der Waals surface area contributed by atoms with Crippen LogP contribution in [0.3, 0.4) is 0 Å². The number of para-hydroxylation sites is 1. The van der Waals surface area contributed by atoms with E-state index >= 15 is 0 Å². The van der Waals surface area contributed by atoms with Gasteiger partial charge in [-0.3, -0.25) is 14.9 Å². The molecule has 3 aromatic rings. The zero-order valence-electron chi connectivity index (χ0n) is 17.4. The number of fused-ring (bicyclic) bond motifs is 1. The molecule has 1 aliphatic rings. The van der Waals surface area contributed by atoms with E-state index in [4.69, 9.17) is 0 Å². The molecular weight excluding hydrogens is 430 g/mol. The Morgan fingerprint density at radius 1 is 0.906 bits per heavy atom. The van der Waals surface area contributed by atoms with Crippen LogP contribution in [0.25, 0.3) is 10.8 Å². The van der Waals surface area contributed by atoms with Gasteiger partial charge in [0.15, 0.2) is 4.90 Å². The van der Waals surface area contributed by atoms with E-state index in [0.717, 1.165) is 16.3 Å². The van der Waals surface area contributed by atoms with Crippen molar-refractivity contribution in [3.63, 3.8) is 0 Å². The SMILES string of the molecule is O=C(CCc1ccc2ccccc2c1)N1CCN(S(=O)(=O)c2ccccc2[N+](=O)[O-])CC1. The molecule has 32 heavy (non-hydrogen) atoms. The Bertz CT molecular complexity index is 1270. The van der Waals surface area contributed by atoms with Crippen LogP contribution in [0.4, 0.5) is 5.69 Å². The van der Waals surface area contributed by atoms with Gasteiger partial charge in [-0.25, -0.2) is 8.42 Å². The second-order valence-electron chi connectivity index (χ2n) is 7.69. The normalized spacial score (nSPS) is 15.1. The number of piperazine rings is 1. The highest BCUT2D eigenvalue weighted by Gasteiger charge is 2.34. The molecule has 0 aliphatic carbocycles. The lowest BCUT2D eigenvalue weighted by atomic mass is 10.0. The predicted octanol–water partition coefficient (Wildman–Crippen LogP) is 3.21. The fourth-order valence-electron chi connectivity index (χ4n) is 3.95. The summed E-state index contributed by atoms with van der Waals surface area (Å²) in [5.41, 5.74) is 0.635. The fraction of sp³-hybridized carbons (Fsp3) is 0.261. The maximum absolute atomic E-state index is 12.9. The van der Waals surface area contributed by atoms with E-state index < -0.39 is 20.6 Å². The van der Waals surface area contributed by atoms with Gasteiger partial charge in [-0.1, -0.05) is 54.6 Å². The summed E-state index contributed by atoms with van der Waals surface area (Å²) < 4.78 is 27.1. The zero-order valence-corrected chi connectivity index (χ0v) is 18.2. The van der Waals surface area contributed by atoms with Crippen LogP contribution in [-0.2, 0) is 21.2 Å². The van der Waals surface area contributed by atoms with Crippen molar-refractivity contribution in [3.05, 3.63) is 82.4 Å². The van der Waals surface area contributed by atoms with Crippen LogP contribution in [-0.4, -0.2) is 54.6 Å². The van der Waals surface area contributed by atoms with Gasteiger partial charge < -0.3 is 4.90 Å². The summed E-state index contributed by atoms with van der Waals surface area (Å²) in [5, 5.41) is 13.5. The lowest BCUT2D eigenvalue weighted by Gasteiger charge is -2.34. The number of benzene rings is 3. The summed E-state index contributed by atoms with van der Waals surface area (Å²) >= 11 is 0. The number of hydrogen-bond donors (Lipinski definition) is 0. The first-order chi connectivity index (χ1) is 15.4. The van der Waals surface area contributed by atoms with Crippen LogP contribution in [0.15, 0.2) is 71.6 Å². The van der Waals surface area contributed by atoms with Crippen LogP contribution >= 0.6 is 0 Å². The molecular formula is C23H23N3O5S. The molecule has 0 saturated carbocycles. The number of nitro groups is 1. The van der Waals surface area contributed by atoms with Gasteiger partial charge in [0.25, 0.3) is 5.69 Å². The summed E-state index contributed by atoms with van der Waals surface area (Å²) in [4.78, 5) is 24.5. The lowest BCUT2D eigenvalue weighted by molar-refractivity contribution is -0.387. The Kier molecular flexibility index (Phi) is 6.20. The number of nitro benzene ring substituents is 1. The molecule has 1 fully saturated rings. The quantitative estimate of drug-likeness (QED) is 0.421. The van der Waals surface area contributed by atoms with Gasteiger partial charge in [0.2, 0.25) is 15.9 Å². The Balaban J connectivity index is 1.36. The van der Waals surface area contributed by atoms with Crippen molar-refractivity contribution in [2.24, 2.45) is 0 Å².